The minimum Gasteiger partial charge on any atom is -0.394 e. The van der Waals surface area contributed by atoms with Gasteiger partial charge >= 0.3 is 0 Å². The number of carbonyl (C=O) groups is 1. The Morgan fingerprint density at radius 1 is 1.00 bits per heavy atom. The van der Waals surface area contributed by atoms with Gasteiger partial charge in [-0.3, -0.25) is 0 Å². The molecule has 0 aromatic carbocycles. The molecule has 0 aromatic heterocycles. The zero-order chi connectivity index (χ0) is 9.98. The number of hydrogen-bond acceptors (Lipinski definition) is 6. The summed E-state index contributed by atoms with van der Waals surface area (Å²) in [7, 11) is 0. The van der Waals surface area contributed by atoms with Crippen molar-refractivity contribution >= 4 is 6.29 Å². The van der Waals surface area contributed by atoms with Crippen molar-refractivity contribution in [3.05, 3.63) is 0 Å². The fraction of sp³-hybridized carbons (Fsp3) is 0.833. The van der Waals surface area contributed by atoms with Crippen LogP contribution in [-0.2, 0) is 4.79 Å². The van der Waals surface area contributed by atoms with E-state index in [1.807, 2.05) is 0 Å². The smallest absolute Gasteiger partial charge is 0.150 e. The molecule has 0 spiro atoms. The molecule has 0 aliphatic carbocycles. The highest BCUT2D eigenvalue weighted by molar-refractivity contribution is 5.55. The maximum Gasteiger partial charge on any atom is 0.150 e. The second kappa shape index (κ2) is 10.5. The van der Waals surface area contributed by atoms with Gasteiger partial charge in [0.15, 0.2) is 6.29 Å². The molecule has 5 N–H and O–H groups in total. The largest absolute Gasteiger partial charge is 0.394 e. The molecule has 12 heavy (non-hydrogen) atoms. The number of aldehydes is 1. The van der Waals surface area contributed by atoms with Crippen LogP contribution in [0.1, 0.15) is 0 Å². The Morgan fingerprint density at radius 2 is 1.42 bits per heavy atom. The Bertz CT molecular complexity index is 92.0. The van der Waals surface area contributed by atoms with Crippen LogP contribution in [0.3, 0.4) is 0 Å². The molecule has 0 aromatic rings. The van der Waals surface area contributed by atoms with Crippen LogP contribution in [0.4, 0.5) is 0 Å². The average Bonchev–Trinajstić information content (AvgIpc) is 2.16. The third-order valence-corrected chi connectivity index (χ3v) is 0.766. The molecule has 6 heteroatoms. The van der Waals surface area contributed by atoms with E-state index in [-0.39, 0.29) is 19.5 Å². The lowest BCUT2D eigenvalue weighted by Gasteiger charge is -1.96. The predicted octanol–water partition coefficient (Wildman–Crippen LogP) is -3.13. The van der Waals surface area contributed by atoms with E-state index in [0.29, 0.717) is 0 Å². The maximum absolute atomic E-state index is 9.33. The first-order valence-corrected chi connectivity index (χ1v) is 3.26. The van der Waals surface area contributed by atoms with Crippen molar-refractivity contribution in [1.29, 1.82) is 0 Å². The molecule has 0 radical (unpaired) electrons. The molecule has 74 valence electrons. The van der Waals surface area contributed by atoms with Crippen LogP contribution in [0, 0.1) is 0 Å². The zero-order valence-corrected chi connectivity index (χ0v) is 6.50. The first-order chi connectivity index (χ1) is 5.62. The molecule has 1 unspecified atom stereocenters. The molecular formula is C6H14O6. The molecule has 0 bridgehead atoms. The van der Waals surface area contributed by atoms with Gasteiger partial charge in [0.1, 0.15) is 12.2 Å². The molecule has 0 heterocycles. The number of rotatable bonds is 4. The third kappa shape index (κ3) is 12.2. The molecular weight excluding hydrogens is 168 g/mol. The van der Waals surface area contributed by atoms with Crippen molar-refractivity contribution < 1.29 is 30.3 Å². The topological polar surface area (TPSA) is 118 Å². The van der Waals surface area contributed by atoms with Gasteiger partial charge in [-0.25, -0.2) is 0 Å². The van der Waals surface area contributed by atoms with Crippen molar-refractivity contribution in [2.24, 2.45) is 0 Å². The standard InChI is InChI=1S/C3H8O3.C3H6O3/c2*4-1-3(6)2-5/h3-6H,1-2H2;1,3,5-6H,2H2. The number of aliphatic hydroxyl groups is 5. The lowest BCUT2D eigenvalue weighted by molar-refractivity contribution is -0.116. The summed E-state index contributed by atoms with van der Waals surface area (Å²) >= 11 is 0. The van der Waals surface area contributed by atoms with E-state index >= 15 is 0 Å². The van der Waals surface area contributed by atoms with Crippen LogP contribution in [0.2, 0.25) is 0 Å². The van der Waals surface area contributed by atoms with Crippen molar-refractivity contribution in [3.8, 4) is 0 Å². The van der Waals surface area contributed by atoms with Gasteiger partial charge in [0.2, 0.25) is 0 Å². The average molecular weight is 182 g/mol. The summed E-state index contributed by atoms with van der Waals surface area (Å²) < 4.78 is 0. The van der Waals surface area contributed by atoms with Crippen molar-refractivity contribution in [2.45, 2.75) is 12.2 Å². The van der Waals surface area contributed by atoms with E-state index in [9.17, 15) is 4.79 Å². The Labute approximate surface area is 69.7 Å². The summed E-state index contributed by atoms with van der Waals surface area (Å²) in [6.45, 7) is -1.21. The summed E-state index contributed by atoms with van der Waals surface area (Å²) in [5.41, 5.74) is 0. The lowest BCUT2D eigenvalue weighted by Crippen LogP contribution is -2.15. The third-order valence-electron chi connectivity index (χ3n) is 0.766. The maximum atomic E-state index is 9.33. The van der Waals surface area contributed by atoms with E-state index in [1.54, 1.807) is 0 Å². The predicted molar refractivity (Wildman–Crippen MR) is 39.3 cm³/mol. The van der Waals surface area contributed by atoms with Gasteiger partial charge in [-0.1, -0.05) is 0 Å². The Hall–Kier alpha value is -0.530. The highest BCUT2D eigenvalue weighted by atomic mass is 16.3. The summed E-state index contributed by atoms with van der Waals surface area (Å²) in [6, 6.07) is 0. The Kier molecular flexibility index (Phi) is 12.2. The first-order valence-electron chi connectivity index (χ1n) is 3.26. The number of carbonyl (C=O) groups excluding carboxylic acids is 1. The summed E-state index contributed by atoms with van der Waals surface area (Å²) in [4.78, 5) is 9.33. The molecule has 0 rings (SSSR count). The lowest BCUT2D eigenvalue weighted by atomic mass is 10.4. The molecule has 0 fully saturated rings. The Morgan fingerprint density at radius 3 is 1.42 bits per heavy atom. The number of aliphatic hydroxyl groups excluding tert-OH is 5. The van der Waals surface area contributed by atoms with Crippen LogP contribution in [0.15, 0.2) is 0 Å². The van der Waals surface area contributed by atoms with Crippen LogP contribution < -0.4 is 0 Å². The minimum absolute atomic E-state index is 0.278. The van der Waals surface area contributed by atoms with Crippen molar-refractivity contribution in [2.75, 3.05) is 19.8 Å². The second-order valence-corrected chi connectivity index (χ2v) is 1.90. The fourth-order valence-electron chi connectivity index (χ4n) is 0.101. The van der Waals surface area contributed by atoms with E-state index < -0.39 is 18.8 Å². The summed E-state index contributed by atoms with van der Waals surface area (Å²) in [5, 5.41) is 39.9. The van der Waals surface area contributed by atoms with Crippen LogP contribution in [0.5, 0.6) is 0 Å². The fourth-order valence-corrected chi connectivity index (χ4v) is 0.101. The Balaban J connectivity index is 0. The van der Waals surface area contributed by atoms with E-state index in [0.717, 1.165) is 0 Å². The molecule has 1 atom stereocenters. The van der Waals surface area contributed by atoms with Gasteiger partial charge < -0.3 is 30.3 Å². The number of hydrogen-bond donors (Lipinski definition) is 5. The van der Waals surface area contributed by atoms with Gasteiger partial charge in [-0.05, 0) is 0 Å². The molecule has 0 aliphatic heterocycles. The van der Waals surface area contributed by atoms with Crippen LogP contribution >= 0.6 is 0 Å². The minimum atomic E-state index is -1.19. The van der Waals surface area contributed by atoms with E-state index in [1.165, 1.54) is 0 Å². The van der Waals surface area contributed by atoms with Crippen molar-refractivity contribution in [3.63, 3.8) is 0 Å². The van der Waals surface area contributed by atoms with E-state index in [2.05, 4.69) is 0 Å². The monoisotopic (exact) mass is 182 g/mol. The van der Waals surface area contributed by atoms with Gasteiger partial charge in [0.05, 0.1) is 19.8 Å². The zero-order valence-electron chi connectivity index (χ0n) is 6.50. The quantitative estimate of drug-likeness (QED) is 0.293. The van der Waals surface area contributed by atoms with Gasteiger partial charge in [0.25, 0.3) is 0 Å². The molecule has 0 amide bonds. The molecule has 0 aliphatic rings. The van der Waals surface area contributed by atoms with E-state index in [4.69, 9.17) is 25.5 Å². The second-order valence-electron chi connectivity index (χ2n) is 1.90. The SMILES string of the molecule is O=CC(O)CO.OCC(O)CO. The summed E-state index contributed by atoms with van der Waals surface area (Å²) in [5.74, 6) is 0. The highest BCUT2D eigenvalue weighted by Gasteiger charge is 1.93. The molecule has 6 nitrogen and oxygen atoms in total. The molecule has 0 saturated carbocycles. The van der Waals surface area contributed by atoms with Gasteiger partial charge in [-0.2, -0.15) is 0 Å². The van der Waals surface area contributed by atoms with Gasteiger partial charge in [-0.15, -0.1) is 0 Å². The van der Waals surface area contributed by atoms with Crippen molar-refractivity contribution in [1.82, 2.24) is 0 Å². The van der Waals surface area contributed by atoms with Crippen LogP contribution in [0.25, 0.3) is 0 Å². The van der Waals surface area contributed by atoms with Crippen LogP contribution in [-0.4, -0.2) is 63.8 Å². The highest BCUT2D eigenvalue weighted by Crippen LogP contribution is 1.71. The summed E-state index contributed by atoms with van der Waals surface area (Å²) in [6.07, 6.45) is -1.87. The molecule has 0 saturated heterocycles. The van der Waals surface area contributed by atoms with Gasteiger partial charge in [0, 0.05) is 0 Å². The normalized spacial score (nSPS) is 11.8. The first kappa shape index (κ1) is 14.0.